The number of ketones is 1. The van der Waals surface area contributed by atoms with Crippen LogP contribution in [0, 0.1) is 13.8 Å². The maximum atomic E-state index is 13.5. The van der Waals surface area contributed by atoms with E-state index in [1.54, 1.807) is 11.8 Å². The largest absolute Gasteiger partial charge is 0.355 e. The van der Waals surface area contributed by atoms with E-state index in [9.17, 15) is 14.4 Å². The predicted molar refractivity (Wildman–Crippen MR) is 109 cm³/mol. The van der Waals surface area contributed by atoms with Crippen molar-refractivity contribution >= 4 is 17.6 Å². The Morgan fingerprint density at radius 2 is 1.93 bits per heavy atom. The zero-order chi connectivity index (χ0) is 21.2. The second-order valence-corrected chi connectivity index (χ2v) is 8.50. The molecule has 156 valence electrons. The number of carbonyl (C=O) groups is 3. The Bertz CT molecular complexity index is 1060. The van der Waals surface area contributed by atoms with Crippen LogP contribution in [0.5, 0.6) is 0 Å². The fourth-order valence-electron chi connectivity index (χ4n) is 5.58. The van der Waals surface area contributed by atoms with Gasteiger partial charge in [0.05, 0.1) is 36.4 Å². The van der Waals surface area contributed by atoms with Gasteiger partial charge in [-0.3, -0.25) is 14.4 Å². The molecular formula is C23H25N3O4. The zero-order valence-corrected chi connectivity index (χ0v) is 17.4. The first-order valence-electron chi connectivity index (χ1n) is 10.4. The minimum atomic E-state index is -0.755. The highest BCUT2D eigenvalue weighted by Crippen LogP contribution is 2.51. The van der Waals surface area contributed by atoms with Crippen LogP contribution in [0.25, 0.3) is 0 Å². The molecule has 3 saturated heterocycles. The van der Waals surface area contributed by atoms with Crippen molar-refractivity contribution in [3.63, 3.8) is 0 Å². The molecule has 30 heavy (non-hydrogen) atoms. The number of nitrogens with zero attached hydrogens (tertiary/aromatic N) is 2. The summed E-state index contributed by atoms with van der Waals surface area (Å²) in [5, 5.41) is 0. The molecule has 0 bridgehead atoms. The lowest BCUT2D eigenvalue weighted by molar-refractivity contribution is -0.138. The summed E-state index contributed by atoms with van der Waals surface area (Å²) in [5.74, 6) is -0.215. The van der Waals surface area contributed by atoms with Gasteiger partial charge in [-0.05, 0) is 25.0 Å². The highest BCUT2D eigenvalue weighted by molar-refractivity contribution is 6.03. The number of hydrogen-bond donors (Lipinski definition) is 1. The number of likely N-dealkylation sites (tertiary alicyclic amines) is 1. The standard InChI is InChI=1S/C23H25N3O4/c1-13-20(14(2)24-21(13)15(3)27)22(29)25-10-9-23-18(25)11-19(28)26(23)17(12-30-23)16-7-5-4-6-8-16/h4-8,17-18,24H,9-12H2,1-3H3/t17-,18+,23-/m0/s1. The SMILES string of the molecule is CC(=O)c1[nH]c(C)c(C(=O)N2CC[C@@]34OC[C@@H](c5ccccc5)N3C(=O)C[C@@H]24)c1C. The number of aromatic nitrogens is 1. The smallest absolute Gasteiger partial charge is 0.256 e. The van der Waals surface area contributed by atoms with Gasteiger partial charge in [0, 0.05) is 25.6 Å². The molecular weight excluding hydrogens is 382 g/mol. The van der Waals surface area contributed by atoms with Crippen molar-refractivity contribution in [3.8, 4) is 0 Å². The van der Waals surface area contributed by atoms with Crippen LogP contribution in [0.3, 0.4) is 0 Å². The van der Waals surface area contributed by atoms with E-state index < -0.39 is 5.72 Å². The Hall–Kier alpha value is -2.93. The number of H-pyrrole nitrogens is 1. The van der Waals surface area contributed by atoms with Crippen molar-refractivity contribution < 1.29 is 19.1 Å². The lowest BCUT2D eigenvalue weighted by Crippen LogP contribution is -2.49. The van der Waals surface area contributed by atoms with Crippen LogP contribution in [-0.4, -0.2) is 57.3 Å². The number of ether oxygens (including phenoxy) is 1. The van der Waals surface area contributed by atoms with E-state index in [1.165, 1.54) is 6.92 Å². The van der Waals surface area contributed by atoms with Crippen LogP contribution in [0.4, 0.5) is 0 Å². The molecule has 2 amide bonds. The number of benzene rings is 1. The summed E-state index contributed by atoms with van der Waals surface area (Å²) >= 11 is 0. The van der Waals surface area contributed by atoms with Gasteiger partial charge in [-0.1, -0.05) is 30.3 Å². The second kappa shape index (κ2) is 6.54. The van der Waals surface area contributed by atoms with E-state index in [1.807, 2.05) is 42.2 Å². The maximum absolute atomic E-state index is 13.5. The van der Waals surface area contributed by atoms with E-state index in [0.717, 1.165) is 5.56 Å². The number of Topliss-reactive ketones (excluding diaryl/α,β-unsaturated/α-hetero) is 1. The summed E-state index contributed by atoms with van der Waals surface area (Å²) in [6.07, 6.45) is 0.859. The van der Waals surface area contributed by atoms with Crippen molar-refractivity contribution in [2.75, 3.05) is 13.2 Å². The van der Waals surface area contributed by atoms with E-state index in [2.05, 4.69) is 4.98 Å². The van der Waals surface area contributed by atoms with Gasteiger partial charge in [0.15, 0.2) is 11.5 Å². The second-order valence-electron chi connectivity index (χ2n) is 8.50. The maximum Gasteiger partial charge on any atom is 0.256 e. The minimum absolute atomic E-state index is 0.0239. The average Bonchev–Trinajstić information content (AvgIpc) is 3.42. The molecule has 2 aromatic rings. The highest BCUT2D eigenvalue weighted by atomic mass is 16.5. The van der Waals surface area contributed by atoms with Crippen LogP contribution < -0.4 is 0 Å². The predicted octanol–water partition coefficient (Wildman–Crippen LogP) is 2.75. The molecule has 0 saturated carbocycles. The topological polar surface area (TPSA) is 82.7 Å². The van der Waals surface area contributed by atoms with E-state index >= 15 is 0 Å². The number of carbonyl (C=O) groups excluding carboxylic acids is 3. The fraction of sp³-hybridized carbons (Fsp3) is 0.435. The number of aromatic amines is 1. The lowest BCUT2D eigenvalue weighted by Gasteiger charge is -2.33. The molecule has 3 aliphatic rings. The molecule has 5 rings (SSSR count). The number of hydrogen-bond acceptors (Lipinski definition) is 4. The van der Waals surface area contributed by atoms with Crippen molar-refractivity contribution in [3.05, 3.63) is 58.4 Å². The number of nitrogens with one attached hydrogen (secondary N) is 1. The van der Waals surface area contributed by atoms with Crippen molar-refractivity contribution in [1.82, 2.24) is 14.8 Å². The molecule has 3 atom stereocenters. The Labute approximate surface area is 175 Å². The first kappa shape index (κ1) is 19.1. The molecule has 3 fully saturated rings. The molecule has 0 radical (unpaired) electrons. The number of rotatable bonds is 3. The van der Waals surface area contributed by atoms with E-state index in [4.69, 9.17) is 4.74 Å². The summed E-state index contributed by atoms with van der Waals surface area (Å²) in [6.45, 7) is 6.05. The Morgan fingerprint density at radius 3 is 2.60 bits per heavy atom. The van der Waals surface area contributed by atoms with Gasteiger partial charge in [0.1, 0.15) is 0 Å². The monoisotopic (exact) mass is 407 g/mol. The van der Waals surface area contributed by atoms with Gasteiger partial charge in [-0.2, -0.15) is 0 Å². The van der Waals surface area contributed by atoms with E-state index in [-0.39, 0.29) is 36.1 Å². The Morgan fingerprint density at radius 1 is 1.20 bits per heavy atom. The van der Waals surface area contributed by atoms with Crippen LogP contribution in [-0.2, 0) is 9.53 Å². The summed E-state index contributed by atoms with van der Waals surface area (Å²) in [6, 6.07) is 9.47. The van der Waals surface area contributed by atoms with Gasteiger partial charge in [0.2, 0.25) is 5.91 Å². The molecule has 3 aliphatic heterocycles. The van der Waals surface area contributed by atoms with Crippen molar-refractivity contribution in [2.45, 2.75) is 51.4 Å². The van der Waals surface area contributed by atoms with Crippen LogP contribution in [0.2, 0.25) is 0 Å². The molecule has 0 aliphatic carbocycles. The summed E-state index contributed by atoms with van der Waals surface area (Å²) in [7, 11) is 0. The molecule has 1 aromatic carbocycles. The number of amides is 2. The first-order chi connectivity index (χ1) is 14.3. The van der Waals surface area contributed by atoms with Gasteiger partial charge >= 0.3 is 0 Å². The fourth-order valence-corrected chi connectivity index (χ4v) is 5.58. The third-order valence-electron chi connectivity index (χ3n) is 6.90. The van der Waals surface area contributed by atoms with Crippen LogP contribution in [0.15, 0.2) is 30.3 Å². The zero-order valence-electron chi connectivity index (χ0n) is 17.4. The third-order valence-corrected chi connectivity index (χ3v) is 6.90. The molecule has 7 nitrogen and oxygen atoms in total. The average molecular weight is 407 g/mol. The molecule has 1 N–H and O–H groups in total. The lowest BCUT2D eigenvalue weighted by atomic mass is 10.0. The van der Waals surface area contributed by atoms with Crippen molar-refractivity contribution in [1.29, 1.82) is 0 Å². The molecule has 1 aromatic heterocycles. The van der Waals surface area contributed by atoms with E-state index in [0.29, 0.717) is 42.1 Å². The number of aryl methyl sites for hydroxylation is 1. The highest BCUT2D eigenvalue weighted by Gasteiger charge is 2.65. The first-order valence-corrected chi connectivity index (χ1v) is 10.4. The Balaban J connectivity index is 1.48. The van der Waals surface area contributed by atoms with Gasteiger partial charge in [-0.15, -0.1) is 0 Å². The van der Waals surface area contributed by atoms with Gasteiger partial charge in [0.25, 0.3) is 5.91 Å². The summed E-state index contributed by atoms with van der Waals surface area (Å²) < 4.78 is 6.30. The quantitative estimate of drug-likeness (QED) is 0.793. The minimum Gasteiger partial charge on any atom is -0.355 e. The van der Waals surface area contributed by atoms with Gasteiger partial charge in [-0.25, -0.2) is 0 Å². The van der Waals surface area contributed by atoms with Crippen molar-refractivity contribution in [2.24, 2.45) is 0 Å². The summed E-state index contributed by atoms with van der Waals surface area (Å²) in [5.41, 5.74) is 2.64. The summed E-state index contributed by atoms with van der Waals surface area (Å²) in [4.78, 5) is 45.2. The molecule has 7 heteroatoms. The molecule has 4 heterocycles. The van der Waals surface area contributed by atoms with Crippen LogP contribution in [0.1, 0.15) is 63.5 Å². The van der Waals surface area contributed by atoms with Crippen LogP contribution >= 0.6 is 0 Å². The normalized spacial score (nSPS) is 27.5. The third kappa shape index (κ3) is 2.45. The molecule has 1 spiro atoms. The Kier molecular flexibility index (Phi) is 4.15. The molecule has 0 unspecified atom stereocenters. The van der Waals surface area contributed by atoms with Gasteiger partial charge < -0.3 is 19.5 Å².